The van der Waals surface area contributed by atoms with E-state index in [0.29, 0.717) is 16.5 Å². The fourth-order valence-corrected chi connectivity index (χ4v) is 2.61. The highest BCUT2D eigenvalue weighted by Gasteiger charge is 2.11. The first-order valence-electron chi connectivity index (χ1n) is 7.55. The molecule has 0 spiro atoms. The minimum absolute atomic E-state index is 0.111. The number of carbonyl (C=O) groups excluding carboxylic acids is 1. The van der Waals surface area contributed by atoms with Gasteiger partial charge in [0.25, 0.3) is 0 Å². The Balaban J connectivity index is 1.90. The molecule has 0 aromatic heterocycles. The van der Waals surface area contributed by atoms with E-state index in [1.165, 1.54) is 5.56 Å². The molecule has 2 rings (SSSR count). The molecule has 23 heavy (non-hydrogen) atoms. The molecule has 0 saturated carbocycles. The van der Waals surface area contributed by atoms with Gasteiger partial charge >= 0.3 is 0 Å². The number of halogens is 1. The van der Waals surface area contributed by atoms with E-state index in [-0.39, 0.29) is 18.5 Å². The van der Waals surface area contributed by atoms with Gasteiger partial charge in [-0.05, 0) is 30.2 Å². The highest BCUT2D eigenvalue weighted by Crippen LogP contribution is 2.27. The zero-order valence-corrected chi connectivity index (χ0v) is 14.1. The van der Waals surface area contributed by atoms with E-state index in [9.17, 15) is 4.79 Å². The van der Waals surface area contributed by atoms with Gasteiger partial charge in [0.2, 0.25) is 5.91 Å². The smallest absolute Gasteiger partial charge is 0.238 e. The summed E-state index contributed by atoms with van der Waals surface area (Å²) in [4.78, 5) is 12.1. The molecule has 0 aliphatic rings. The largest absolute Gasteiger partial charge is 0.495 e. The van der Waals surface area contributed by atoms with Crippen molar-refractivity contribution in [1.82, 2.24) is 5.32 Å². The van der Waals surface area contributed by atoms with Gasteiger partial charge in [0.05, 0.1) is 18.7 Å². The number of methoxy groups -OCH3 is 1. The Kier molecular flexibility index (Phi) is 6.44. The monoisotopic (exact) mass is 332 g/mol. The molecule has 1 unspecified atom stereocenters. The molecule has 122 valence electrons. The maximum Gasteiger partial charge on any atom is 0.238 e. The van der Waals surface area contributed by atoms with Gasteiger partial charge in [0, 0.05) is 11.7 Å². The standard InChI is InChI=1S/C18H21ClN2O2/c1-3-16(13-7-5-4-6-8-13)20-12-18(22)21-14-9-10-17(23-2)15(19)11-14/h4-11,16,20H,3,12H2,1-2H3,(H,21,22). The third kappa shape index (κ3) is 4.98. The quantitative estimate of drug-likeness (QED) is 0.805. The summed E-state index contributed by atoms with van der Waals surface area (Å²) in [5.41, 5.74) is 1.82. The summed E-state index contributed by atoms with van der Waals surface area (Å²) in [5, 5.41) is 6.56. The maximum atomic E-state index is 12.1. The first kappa shape index (κ1) is 17.3. The average Bonchev–Trinajstić information content (AvgIpc) is 2.56. The Labute approximate surface area is 141 Å². The molecule has 2 aromatic carbocycles. The van der Waals surface area contributed by atoms with Crippen LogP contribution in [-0.2, 0) is 4.79 Å². The second-order valence-corrected chi connectivity index (χ2v) is 5.56. The highest BCUT2D eigenvalue weighted by atomic mass is 35.5. The topological polar surface area (TPSA) is 50.4 Å². The summed E-state index contributed by atoms with van der Waals surface area (Å²) in [5.74, 6) is 0.471. The first-order valence-corrected chi connectivity index (χ1v) is 7.93. The van der Waals surface area contributed by atoms with Gasteiger partial charge in [-0.15, -0.1) is 0 Å². The van der Waals surface area contributed by atoms with E-state index < -0.39 is 0 Å². The van der Waals surface area contributed by atoms with Crippen LogP contribution in [0.25, 0.3) is 0 Å². The number of benzene rings is 2. The molecule has 0 fully saturated rings. The van der Waals surface area contributed by atoms with Gasteiger partial charge in [-0.25, -0.2) is 0 Å². The van der Waals surface area contributed by atoms with Crippen LogP contribution in [0.5, 0.6) is 5.75 Å². The molecule has 0 bridgehead atoms. The Morgan fingerprint density at radius 1 is 1.22 bits per heavy atom. The van der Waals surface area contributed by atoms with E-state index in [0.717, 1.165) is 6.42 Å². The summed E-state index contributed by atoms with van der Waals surface area (Å²) >= 11 is 6.05. The second-order valence-electron chi connectivity index (χ2n) is 5.15. The predicted octanol–water partition coefficient (Wildman–Crippen LogP) is 4.03. The summed E-state index contributed by atoms with van der Waals surface area (Å²) in [6, 6.07) is 15.4. The van der Waals surface area contributed by atoms with Crippen molar-refractivity contribution in [1.29, 1.82) is 0 Å². The minimum Gasteiger partial charge on any atom is -0.495 e. The maximum absolute atomic E-state index is 12.1. The molecular weight excluding hydrogens is 312 g/mol. The molecule has 0 radical (unpaired) electrons. The lowest BCUT2D eigenvalue weighted by molar-refractivity contribution is -0.115. The summed E-state index contributed by atoms with van der Waals surface area (Å²) in [6.07, 6.45) is 0.908. The Bertz CT molecular complexity index is 647. The van der Waals surface area contributed by atoms with Crippen molar-refractivity contribution in [3.63, 3.8) is 0 Å². The van der Waals surface area contributed by atoms with Gasteiger partial charge in [-0.3, -0.25) is 4.79 Å². The highest BCUT2D eigenvalue weighted by molar-refractivity contribution is 6.32. The number of amides is 1. The van der Waals surface area contributed by atoms with E-state index >= 15 is 0 Å². The van der Waals surface area contributed by atoms with E-state index in [2.05, 4.69) is 29.7 Å². The zero-order chi connectivity index (χ0) is 16.7. The third-order valence-corrected chi connectivity index (χ3v) is 3.85. The molecule has 1 amide bonds. The molecule has 4 nitrogen and oxygen atoms in total. The van der Waals surface area contributed by atoms with Crippen LogP contribution >= 0.6 is 11.6 Å². The Hall–Kier alpha value is -2.04. The second kappa shape index (κ2) is 8.56. The van der Waals surface area contributed by atoms with E-state index in [1.807, 2.05) is 18.2 Å². The number of hydrogen-bond donors (Lipinski definition) is 2. The average molecular weight is 333 g/mol. The Morgan fingerprint density at radius 2 is 1.96 bits per heavy atom. The van der Waals surface area contributed by atoms with Crippen molar-refractivity contribution < 1.29 is 9.53 Å². The van der Waals surface area contributed by atoms with Crippen LogP contribution in [0, 0.1) is 0 Å². The third-order valence-electron chi connectivity index (χ3n) is 3.55. The SMILES string of the molecule is CCC(NCC(=O)Nc1ccc(OC)c(Cl)c1)c1ccccc1. The molecule has 5 heteroatoms. The molecule has 1 atom stereocenters. The molecule has 0 aliphatic carbocycles. The summed E-state index contributed by atoms with van der Waals surface area (Å²) < 4.78 is 5.09. The van der Waals surface area contributed by atoms with Gasteiger partial charge < -0.3 is 15.4 Å². The number of nitrogens with one attached hydrogen (secondary N) is 2. The molecule has 2 aromatic rings. The summed E-state index contributed by atoms with van der Waals surface area (Å²) in [7, 11) is 1.55. The van der Waals surface area contributed by atoms with Crippen LogP contribution < -0.4 is 15.4 Å². The van der Waals surface area contributed by atoms with Crippen molar-refractivity contribution in [3.05, 3.63) is 59.1 Å². The first-order chi connectivity index (χ1) is 11.1. The number of rotatable bonds is 7. The lowest BCUT2D eigenvalue weighted by Crippen LogP contribution is -2.31. The van der Waals surface area contributed by atoms with Crippen molar-refractivity contribution >= 4 is 23.2 Å². The van der Waals surface area contributed by atoms with E-state index in [1.54, 1.807) is 25.3 Å². The fourth-order valence-electron chi connectivity index (χ4n) is 2.35. The molecule has 0 heterocycles. The van der Waals surface area contributed by atoms with Gasteiger partial charge in [0.15, 0.2) is 0 Å². The van der Waals surface area contributed by atoms with Crippen molar-refractivity contribution in [2.45, 2.75) is 19.4 Å². The van der Waals surface area contributed by atoms with Crippen LogP contribution in [0.4, 0.5) is 5.69 Å². The van der Waals surface area contributed by atoms with Crippen LogP contribution in [0.2, 0.25) is 5.02 Å². The molecular formula is C18H21ClN2O2. The summed E-state index contributed by atoms with van der Waals surface area (Å²) in [6.45, 7) is 2.32. The number of carbonyl (C=O) groups is 1. The number of anilines is 1. The van der Waals surface area contributed by atoms with Crippen LogP contribution in [0.15, 0.2) is 48.5 Å². The minimum atomic E-state index is -0.111. The normalized spacial score (nSPS) is 11.8. The molecule has 0 saturated heterocycles. The van der Waals surface area contributed by atoms with Crippen molar-refractivity contribution in [3.8, 4) is 5.75 Å². The fraction of sp³-hybridized carbons (Fsp3) is 0.278. The van der Waals surface area contributed by atoms with E-state index in [4.69, 9.17) is 16.3 Å². The lowest BCUT2D eigenvalue weighted by Gasteiger charge is -2.17. The molecule has 0 aliphatic heterocycles. The van der Waals surface area contributed by atoms with Crippen molar-refractivity contribution in [2.24, 2.45) is 0 Å². The van der Waals surface area contributed by atoms with Gasteiger partial charge in [-0.2, -0.15) is 0 Å². The van der Waals surface area contributed by atoms with Crippen LogP contribution in [0.3, 0.4) is 0 Å². The van der Waals surface area contributed by atoms with Gasteiger partial charge in [-0.1, -0.05) is 48.9 Å². The number of ether oxygens (including phenoxy) is 1. The van der Waals surface area contributed by atoms with Gasteiger partial charge in [0.1, 0.15) is 5.75 Å². The predicted molar refractivity (Wildman–Crippen MR) is 94.1 cm³/mol. The Morgan fingerprint density at radius 3 is 2.57 bits per heavy atom. The van der Waals surface area contributed by atoms with Crippen LogP contribution in [0.1, 0.15) is 24.9 Å². The molecule has 2 N–H and O–H groups in total. The lowest BCUT2D eigenvalue weighted by atomic mass is 10.0. The van der Waals surface area contributed by atoms with Crippen molar-refractivity contribution in [2.75, 3.05) is 19.0 Å². The van der Waals surface area contributed by atoms with Crippen LogP contribution in [-0.4, -0.2) is 19.6 Å². The zero-order valence-electron chi connectivity index (χ0n) is 13.3. The number of hydrogen-bond acceptors (Lipinski definition) is 3.